The highest BCUT2D eigenvalue weighted by atomic mass is 15.1. The van der Waals surface area contributed by atoms with Gasteiger partial charge in [0.05, 0.1) is 16.5 Å². The molecule has 1 aromatic heterocycles. The van der Waals surface area contributed by atoms with Gasteiger partial charge in [-0.2, -0.15) is 0 Å². The molecule has 2 nitrogen and oxygen atoms in total. The van der Waals surface area contributed by atoms with Crippen LogP contribution in [-0.2, 0) is 0 Å². The summed E-state index contributed by atoms with van der Waals surface area (Å²) in [4.78, 5) is 1.86. The van der Waals surface area contributed by atoms with Crippen molar-refractivity contribution in [2.75, 3.05) is 4.90 Å². The summed E-state index contributed by atoms with van der Waals surface area (Å²) in [6.45, 7) is 0. The van der Waals surface area contributed by atoms with Gasteiger partial charge < -0.3 is 9.47 Å². The van der Waals surface area contributed by atoms with Gasteiger partial charge in [-0.05, 0) is 111 Å². The van der Waals surface area contributed by atoms with Crippen LogP contribution >= 0.6 is 0 Å². The first-order valence-corrected chi connectivity index (χ1v) is 18.9. The molecule has 0 spiro atoms. The zero-order valence-electron chi connectivity index (χ0n) is 34.5. The van der Waals surface area contributed by atoms with E-state index in [4.69, 9.17) is 0 Å². The Labute approximate surface area is 333 Å². The minimum Gasteiger partial charge on any atom is -0.310 e. The number of benzene rings is 9. The van der Waals surface area contributed by atoms with Gasteiger partial charge in [-0.3, -0.25) is 0 Å². The van der Waals surface area contributed by atoms with Crippen LogP contribution in [0.25, 0.3) is 72.0 Å². The van der Waals surface area contributed by atoms with E-state index in [-0.39, 0.29) is 35.4 Å². The number of nitrogens with zero attached hydrogens (tertiary/aromatic N) is 2. The molecule has 0 aliphatic rings. The van der Waals surface area contributed by atoms with Crippen molar-refractivity contribution in [1.29, 1.82) is 0 Å². The number of fused-ring (bicyclic) bond motifs is 3. The van der Waals surface area contributed by atoms with Crippen LogP contribution in [0.3, 0.4) is 0 Å². The first-order valence-electron chi connectivity index (χ1n) is 20.9. The van der Waals surface area contributed by atoms with Crippen molar-refractivity contribution in [2.24, 2.45) is 0 Å². The number of aromatic nitrogens is 1. The summed E-state index contributed by atoms with van der Waals surface area (Å²) in [7, 11) is 0. The van der Waals surface area contributed by atoms with Gasteiger partial charge in [-0.15, -0.1) is 0 Å². The van der Waals surface area contributed by atoms with Crippen LogP contribution < -0.4 is 4.90 Å². The largest absolute Gasteiger partial charge is 0.310 e. The van der Waals surface area contributed by atoms with Crippen LogP contribution in [-0.4, -0.2) is 4.57 Å². The summed E-state index contributed by atoms with van der Waals surface area (Å²) in [6.07, 6.45) is 0. The molecule has 0 atom stereocenters. The fourth-order valence-corrected chi connectivity index (χ4v) is 7.81. The lowest BCUT2D eigenvalue weighted by Gasteiger charge is -2.26. The van der Waals surface area contributed by atoms with E-state index in [0.29, 0.717) is 11.3 Å². The Hall–Kier alpha value is -7.42. The first kappa shape index (κ1) is 29.0. The Balaban J connectivity index is 1.12. The van der Waals surface area contributed by atoms with Crippen molar-refractivity contribution in [3.05, 3.63) is 230 Å². The molecule has 0 N–H and O–H groups in total. The lowest BCUT2D eigenvalue weighted by molar-refractivity contribution is 1.18. The molecule has 0 fully saturated rings. The first-order chi connectivity index (χ1) is 29.5. The molecular weight excluding hydrogens is 677 g/mol. The molecule has 10 aromatic rings. The second kappa shape index (κ2) is 14.4. The fourth-order valence-electron chi connectivity index (χ4n) is 7.81. The highest BCUT2D eigenvalue weighted by Crippen LogP contribution is 2.41. The van der Waals surface area contributed by atoms with Crippen LogP contribution in [0.2, 0.25) is 0 Å². The van der Waals surface area contributed by atoms with Crippen molar-refractivity contribution in [1.82, 2.24) is 4.57 Å². The summed E-state index contributed by atoms with van der Waals surface area (Å²) in [5.41, 5.74) is 12.2. The molecule has 10 rings (SSSR count). The maximum absolute atomic E-state index is 9.42. The van der Waals surface area contributed by atoms with Gasteiger partial charge >= 0.3 is 0 Å². The molecule has 0 saturated carbocycles. The van der Waals surface area contributed by atoms with Crippen molar-refractivity contribution >= 4 is 38.9 Å². The van der Waals surface area contributed by atoms with E-state index >= 15 is 0 Å². The summed E-state index contributed by atoms with van der Waals surface area (Å²) in [5.74, 6) is 0. The molecule has 9 aromatic carbocycles. The third-order valence-electron chi connectivity index (χ3n) is 10.5. The van der Waals surface area contributed by atoms with Gasteiger partial charge in [0, 0.05) is 33.5 Å². The molecular formula is C54H38N2. The monoisotopic (exact) mass is 718 g/mol. The van der Waals surface area contributed by atoms with E-state index < -0.39 is 0 Å². The van der Waals surface area contributed by atoms with Crippen LogP contribution in [0.4, 0.5) is 17.1 Å². The van der Waals surface area contributed by atoms with Crippen molar-refractivity contribution in [2.45, 2.75) is 0 Å². The second-order valence-electron chi connectivity index (χ2n) is 13.9. The minimum atomic E-state index is -0.114. The van der Waals surface area contributed by atoms with E-state index in [0.717, 1.165) is 55.8 Å². The molecule has 0 aliphatic heterocycles. The molecule has 264 valence electrons. The standard InChI is InChI=1S/C54H38N2/c1-4-15-39(16-5-1)41-29-33-47(34-30-41)55(48-35-31-42(32-36-48)40-17-6-2-7-18-40)49-24-13-20-44(38-49)43-19-12-21-45(37-43)50-26-14-28-53-54(50)51-25-10-11-27-52(51)56(53)46-22-8-3-9-23-46/h1-38H/i29D,30D,33D,34D. The highest BCUT2D eigenvalue weighted by Gasteiger charge is 2.18. The minimum absolute atomic E-state index is 0.0882. The number of anilines is 3. The molecule has 0 bridgehead atoms. The van der Waals surface area contributed by atoms with Gasteiger partial charge in [0.1, 0.15) is 0 Å². The number of rotatable bonds is 8. The maximum atomic E-state index is 9.42. The fraction of sp³-hybridized carbons (Fsp3) is 0. The van der Waals surface area contributed by atoms with Crippen LogP contribution in [0.5, 0.6) is 0 Å². The van der Waals surface area contributed by atoms with Crippen LogP contribution in [0.1, 0.15) is 5.48 Å². The SMILES string of the molecule is [2H]c1c([2H])c(N(c2ccc(-c3ccccc3)cc2)c2cccc(-c3cccc(-c4cccc5c4c4ccccc4n5-c4ccccc4)c3)c2)c([2H])c([2H])c1-c1ccccc1. The topological polar surface area (TPSA) is 8.17 Å². The van der Waals surface area contributed by atoms with E-state index in [9.17, 15) is 5.48 Å². The lowest BCUT2D eigenvalue weighted by Crippen LogP contribution is -2.10. The molecule has 56 heavy (non-hydrogen) atoms. The highest BCUT2D eigenvalue weighted by molar-refractivity contribution is 6.15. The molecule has 0 aliphatic carbocycles. The lowest BCUT2D eigenvalue weighted by atomic mass is 9.95. The van der Waals surface area contributed by atoms with Crippen molar-refractivity contribution in [3.63, 3.8) is 0 Å². The Bertz CT molecular complexity index is 3150. The third kappa shape index (κ3) is 6.14. The zero-order chi connectivity index (χ0) is 40.7. The van der Waals surface area contributed by atoms with E-state index in [1.54, 1.807) is 0 Å². The summed E-state index contributed by atoms with van der Waals surface area (Å²) >= 11 is 0. The Morgan fingerprint density at radius 2 is 0.875 bits per heavy atom. The summed E-state index contributed by atoms with van der Waals surface area (Å²) in [5, 5.41) is 2.38. The second-order valence-corrected chi connectivity index (χ2v) is 13.9. The molecule has 1 heterocycles. The molecule has 2 heteroatoms. The molecule has 0 unspecified atom stereocenters. The normalized spacial score (nSPS) is 12.2. The predicted molar refractivity (Wildman–Crippen MR) is 237 cm³/mol. The molecule has 0 saturated heterocycles. The Kier molecular flexibility index (Phi) is 7.47. The predicted octanol–water partition coefficient (Wildman–Crippen LogP) is 14.9. The number of hydrogen-bond donors (Lipinski definition) is 0. The summed E-state index contributed by atoms with van der Waals surface area (Å²) in [6, 6.07) is 69.3. The van der Waals surface area contributed by atoms with Crippen LogP contribution in [0, 0.1) is 0 Å². The van der Waals surface area contributed by atoms with E-state index in [1.807, 2.05) is 95.9 Å². The van der Waals surface area contributed by atoms with Gasteiger partial charge in [0.2, 0.25) is 0 Å². The van der Waals surface area contributed by atoms with Gasteiger partial charge in [0.15, 0.2) is 0 Å². The average Bonchev–Trinajstić information content (AvgIpc) is 3.66. The van der Waals surface area contributed by atoms with Gasteiger partial charge in [0.25, 0.3) is 0 Å². The van der Waals surface area contributed by atoms with E-state index in [2.05, 4.69) is 120 Å². The van der Waals surface area contributed by atoms with Crippen LogP contribution in [0.15, 0.2) is 230 Å². The number of hydrogen-bond acceptors (Lipinski definition) is 1. The zero-order valence-corrected chi connectivity index (χ0v) is 30.5. The van der Waals surface area contributed by atoms with Crippen molar-refractivity contribution in [3.8, 4) is 50.2 Å². The Morgan fingerprint density at radius 3 is 1.61 bits per heavy atom. The molecule has 0 radical (unpaired) electrons. The third-order valence-corrected chi connectivity index (χ3v) is 10.5. The summed E-state index contributed by atoms with van der Waals surface area (Å²) < 4.78 is 39.6. The Morgan fingerprint density at radius 1 is 0.339 bits per heavy atom. The average molecular weight is 719 g/mol. The number of para-hydroxylation sites is 2. The van der Waals surface area contributed by atoms with Gasteiger partial charge in [-0.25, -0.2) is 0 Å². The smallest absolute Gasteiger partial charge is 0.0645 e. The van der Waals surface area contributed by atoms with Crippen molar-refractivity contribution < 1.29 is 5.48 Å². The molecule has 0 amide bonds. The maximum Gasteiger partial charge on any atom is 0.0645 e. The van der Waals surface area contributed by atoms with Gasteiger partial charge in [-0.1, -0.05) is 164 Å². The van der Waals surface area contributed by atoms with E-state index in [1.165, 1.54) is 10.8 Å². The quantitative estimate of drug-likeness (QED) is 0.152.